The van der Waals surface area contributed by atoms with E-state index in [2.05, 4.69) is 30.9 Å². The smallest absolute Gasteiger partial charge is 0.0314 e. The van der Waals surface area contributed by atoms with Gasteiger partial charge in [-0.3, -0.25) is 0 Å². The molecule has 0 radical (unpaired) electrons. The van der Waals surface area contributed by atoms with Crippen LogP contribution in [0.25, 0.3) is 0 Å². The molecule has 96 valence electrons. The van der Waals surface area contributed by atoms with Crippen LogP contribution in [0.2, 0.25) is 0 Å². The highest BCUT2D eigenvalue weighted by Gasteiger charge is 2.02. The van der Waals surface area contributed by atoms with Crippen LogP contribution >= 0.6 is 0 Å². The minimum Gasteiger partial charge on any atom is -0.399 e. The number of rotatable bonds is 8. The van der Waals surface area contributed by atoms with Crippen LogP contribution in [0.3, 0.4) is 0 Å². The third kappa shape index (κ3) is 5.73. The fourth-order valence-corrected chi connectivity index (χ4v) is 2.16. The summed E-state index contributed by atoms with van der Waals surface area (Å²) >= 11 is 0. The van der Waals surface area contributed by atoms with Crippen LogP contribution in [-0.4, -0.2) is 24.5 Å². The Hall–Kier alpha value is -1.02. The van der Waals surface area contributed by atoms with Crippen molar-refractivity contribution in [3.05, 3.63) is 29.8 Å². The van der Waals surface area contributed by atoms with Crippen LogP contribution in [0.1, 0.15) is 38.7 Å². The Balaban J connectivity index is 2.27. The molecule has 0 aliphatic carbocycles. The molecule has 0 aromatic heterocycles. The number of nitrogens with two attached hydrogens (primary N) is 1. The second-order valence-electron chi connectivity index (χ2n) is 4.69. The lowest BCUT2D eigenvalue weighted by molar-refractivity contribution is 0.271. The molecule has 17 heavy (non-hydrogen) atoms. The quantitative estimate of drug-likeness (QED) is 0.699. The highest BCUT2D eigenvalue weighted by atomic mass is 15.1. The number of anilines is 1. The largest absolute Gasteiger partial charge is 0.399 e. The minimum atomic E-state index is 0.854. The van der Waals surface area contributed by atoms with Gasteiger partial charge >= 0.3 is 0 Å². The van der Waals surface area contributed by atoms with E-state index in [1.165, 1.54) is 44.5 Å². The standard InChI is InChI=1S/C15H26N2/c1-3-11-17(12-4-2)13-5-6-14-7-9-15(16)10-8-14/h7-10H,3-6,11-13,16H2,1-2H3. The molecule has 0 fully saturated rings. The molecule has 1 aromatic carbocycles. The van der Waals surface area contributed by atoms with Crippen molar-refractivity contribution in [2.45, 2.75) is 39.5 Å². The molecular weight excluding hydrogens is 208 g/mol. The Labute approximate surface area is 106 Å². The van der Waals surface area contributed by atoms with Crippen molar-refractivity contribution in [2.24, 2.45) is 0 Å². The number of nitrogen functional groups attached to an aromatic ring is 1. The maximum Gasteiger partial charge on any atom is 0.0314 e. The average Bonchev–Trinajstić information content (AvgIpc) is 2.32. The van der Waals surface area contributed by atoms with E-state index >= 15 is 0 Å². The molecule has 0 heterocycles. The van der Waals surface area contributed by atoms with Gasteiger partial charge in [0.2, 0.25) is 0 Å². The predicted octanol–water partition coefficient (Wildman–Crippen LogP) is 3.32. The van der Waals surface area contributed by atoms with Crippen molar-refractivity contribution < 1.29 is 0 Å². The summed E-state index contributed by atoms with van der Waals surface area (Å²) in [6.07, 6.45) is 4.90. The van der Waals surface area contributed by atoms with Crippen molar-refractivity contribution in [2.75, 3.05) is 25.4 Å². The van der Waals surface area contributed by atoms with Crippen molar-refractivity contribution in [1.29, 1.82) is 0 Å². The highest BCUT2D eigenvalue weighted by molar-refractivity contribution is 5.39. The lowest BCUT2D eigenvalue weighted by atomic mass is 10.1. The van der Waals surface area contributed by atoms with Crippen molar-refractivity contribution >= 4 is 5.69 Å². The third-order valence-electron chi connectivity index (χ3n) is 3.00. The van der Waals surface area contributed by atoms with E-state index in [-0.39, 0.29) is 0 Å². The Morgan fingerprint density at radius 3 is 2.06 bits per heavy atom. The third-order valence-corrected chi connectivity index (χ3v) is 3.00. The SMILES string of the molecule is CCCN(CCC)CCCc1ccc(N)cc1. The minimum absolute atomic E-state index is 0.854. The van der Waals surface area contributed by atoms with E-state index in [0.29, 0.717) is 0 Å². The van der Waals surface area contributed by atoms with Crippen LogP contribution in [0, 0.1) is 0 Å². The lowest BCUT2D eigenvalue weighted by Gasteiger charge is -2.20. The number of nitrogens with zero attached hydrogens (tertiary/aromatic N) is 1. The molecule has 0 saturated carbocycles. The van der Waals surface area contributed by atoms with Gasteiger partial charge in [0.25, 0.3) is 0 Å². The molecule has 0 spiro atoms. The number of benzene rings is 1. The van der Waals surface area contributed by atoms with Crippen molar-refractivity contribution in [3.8, 4) is 0 Å². The molecule has 2 nitrogen and oxygen atoms in total. The topological polar surface area (TPSA) is 29.3 Å². The van der Waals surface area contributed by atoms with Gasteiger partial charge in [-0.2, -0.15) is 0 Å². The molecule has 0 atom stereocenters. The normalized spacial score (nSPS) is 11.0. The summed E-state index contributed by atoms with van der Waals surface area (Å²) in [5, 5.41) is 0. The first-order valence-corrected chi connectivity index (χ1v) is 6.83. The summed E-state index contributed by atoms with van der Waals surface area (Å²) in [6, 6.07) is 8.26. The molecule has 1 aromatic rings. The molecule has 0 unspecified atom stereocenters. The van der Waals surface area contributed by atoms with Crippen LogP contribution in [0.15, 0.2) is 24.3 Å². The van der Waals surface area contributed by atoms with Crippen LogP contribution < -0.4 is 5.73 Å². The summed E-state index contributed by atoms with van der Waals surface area (Å²) < 4.78 is 0. The second-order valence-corrected chi connectivity index (χ2v) is 4.69. The Morgan fingerprint density at radius 2 is 1.53 bits per heavy atom. The zero-order valence-electron chi connectivity index (χ0n) is 11.3. The summed E-state index contributed by atoms with van der Waals surface area (Å²) in [6.45, 7) is 8.18. The van der Waals surface area contributed by atoms with Gasteiger partial charge in [-0.1, -0.05) is 26.0 Å². The zero-order valence-corrected chi connectivity index (χ0v) is 11.3. The van der Waals surface area contributed by atoms with E-state index < -0.39 is 0 Å². The summed E-state index contributed by atoms with van der Waals surface area (Å²) in [5.74, 6) is 0. The van der Waals surface area contributed by atoms with Crippen molar-refractivity contribution in [3.63, 3.8) is 0 Å². The average molecular weight is 234 g/mol. The van der Waals surface area contributed by atoms with Crippen molar-refractivity contribution in [1.82, 2.24) is 4.90 Å². The lowest BCUT2D eigenvalue weighted by Crippen LogP contribution is -2.26. The number of hydrogen-bond acceptors (Lipinski definition) is 2. The molecule has 0 bridgehead atoms. The molecule has 0 aliphatic heterocycles. The Kier molecular flexibility index (Phi) is 6.71. The predicted molar refractivity (Wildman–Crippen MR) is 76.2 cm³/mol. The fraction of sp³-hybridized carbons (Fsp3) is 0.600. The van der Waals surface area contributed by atoms with E-state index in [9.17, 15) is 0 Å². The fourth-order valence-electron chi connectivity index (χ4n) is 2.16. The number of aryl methyl sites for hydroxylation is 1. The molecule has 2 heteroatoms. The van der Waals surface area contributed by atoms with Crippen LogP contribution in [0.4, 0.5) is 5.69 Å². The van der Waals surface area contributed by atoms with E-state index in [1.54, 1.807) is 0 Å². The highest BCUT2D eigenvalue weighted by Crippen LogP contribution is 2.08. The second kappa shape index (κ2) is 8.13. The van der Waals surface area contributed by atoms with E-state index in [0.717, 1.165) is 12.1 Å². The monoisotopic (exact) mass is 234 g/mol. The molecule has 2 N–H and O–H groups in total. The van der Waals surface area contributed by atoms with Gasteiger partial charge in [-0.25, -0.2) is 0 Å². The molecule has 0 amide bonds. The maximum atomic E-state index is 5.67. The molecule has 1 rings (SSSR count). The Bertz CT molecular complexity index is 286. The van der Waals surface area contributed by atoms with Gasteiger partial charge in [0.15, 0.2) is 0 Å². The van der Waals surface area contributed by atoms with Crippen LogP contribution in [0.5, 0.6) is 0 Å². The van der Waals surface area contributed by atoms with E-state index in [4.69, 9.17) is 5.73 Å². The zero-order chi connectivity index (χ0) is 12.5. The van der Waals surface area contributed by atoms with Crippen LogP contribution in [-0.2, 0) is 6.42 Å². The Morgan fingerprint density at radius 1 is 0.941 bits per heavy atom. The first-order valence-electron chi connectivity index (χ1n) is 6.83. The summed E-state index contributed by atoms with van der Waals surface area (Å²) in [4.78, 5) is 2.57. The van der Waals surface area contributed by atoms with Gasteiger partial charge < -0.3 is 10.6 Å². The summed E-state index contributed by atoms with van der Waals surface area (Å²) in [5.41, 5.74) is 7.92. The van der Waals surface area contributed by atoms with Gasteiger partial charge in [0, 0.05) is 5.69 Å². The van der Waals surface area contributed by atoms with Gasteiger partial charge in [-0.15, -0.1) is 0 Å². The summed E-state index contributed by atoms with van der Waals surface area (Å²) in [7, 11) is 0. The first-order chi connectivity index (χ1) is 8.26. The first kappa shape index (κ1) is 14.0. The molecule has 0 saturated heterocycles. The van der Waals surface area contributed by atoms with Gasteiger partial charge in [-0.05, 0) is 63.0 Å². The van der Waals surface area contributed by atoms with Gasteiger partial charge in [0.05, 0.1) is 0 Å². The molecule has 0 aliphatic rings. The molecular formula is C15H26N2. The van der Waals surface area contributed by atoms with Gasteiger partial charge in [0.1, 0.15) is 0 Å². The van der Waals surface area contributed by atoms with E-state index in [1.807, 2.05) is 12.1 Å². The maximum absolute atomic E-state index is 5.67. The number of hydrogen-bond donors (Lipinski definition) is 1.